The van der Waals surface area contributed by atoms with Gasteiger partial charge >= 0.3 is 6.09 Å². The van der Waals surface area contributed by atoms with E-state index in [1.807, 2.05) is 32.4 Å². The standard InChI is InChI=1S/C30H37N5O3/c1-7-13-30(14-11-20(2)3)18-35(29(36)38-30)26-16-22-23(17-27(26)37-6)31-19-32-28(22)34-15-12-21-24(33(4)5)9-8-10-25(21)34/h8-10,12,15-17,19-20H,7,11,13-14,18H2,1-6H3. The molecule has 0 radical (unpaired) electrons. The zero-order valence-electron chi connectivity index (χ0n) is 23.2. The third-order valence-corrected chi connectivity index (χ3v) is 7.48. The summed E-state index contributed by atoms with van der Waals surface area (Å²) < 4.78 is 13.9. The molecule has 1 aliphatic heterocycles. The van der Waals surface area contributed by atoms with Crippen LogP contribution in [0.4, 0.5) is 16.2 Å². The van der Waals surface area contributed by atoms with E-state index in [9.17, 15) is 4.79 Å². The van der Waals surface area contributed by atoms with Crippen LogP contribution in [0.2, 0.25) is 0 Å². The molecule has 1 atom stereocenters. The number of carbonyl (C=O) groups is 1. The van der Waals surface area contributed by atoms with E-state index in [1.54, 1.807) is 18.3 Å². The Morgan fingerprint density at radius 1 is 1.13 bits per heavy atom. The van der Waals surface area contributed by atoms with Crippen LogP contribution in [0.25, 0.3) is 27.6 Å². The number of amides is 1. The van der Waals surface area contributed by atoms with Gasteiger partial charge in [-0.3, -0.25) is 4.90 Å². The van der Waals surface area contributed by atoms with Gasteiger partial charge < -0.3 is 18.9 Å². The van der Waals surface area contributed by atoms with Crippen LogP contribution in [0.15, 0.2) is 48.9 Å². The van der Waals surface area contributed by atoms with Gasteiger partial charge in [0.1, 0.15) is 23.5 Å². The van der Waals surface area contributed by atoms with Crippen molar-refractivity contribution in [1.82, 2.24) is 14.5 Å². The highest BCUT2D eigenvalue weighted by atomic mass is 16.6. The molecule has 0 bridgehead atoms. The number of hydrogen-bond acceptors (Lipinski definition) is 6. The first-order chi connectivity index (χ1) is 18.3. The number of anilines is 2. The summed E-state index contributed by atoms with van der Waals surface area (Å²) in [5, 5.41) is 1.97. The molecule has 0 aliphatic carbocycles. The average Bonchev–Trinajstić information content (AvgIpc) is 3.47. The summed E-state index contributed by atoms with van der Waals surface area (Å²) in [6.07, 6.45) is 6.89. The summed E-state index contributed by atoms with van der Waals surface area (Å²) in [6.45, 7) is 7.04. The molecule has 200 valence electrons. The minimum absolute atomic E-state index is 0.333. The summed E-state index contributed by atoms with van der Waals surface area (Å²) in [6, 6.07) is 12.2. The van der Waals surface area contributed by atoms with E-state index in [4.69, 9.17) is 9.47 Å². The number of benzene rings is 2. The molecule has 0 N–H and O–H groups in total. The molecule has 2 aromatic heterocycles. The molecular weight excluding hydrogens is 478 g/mol. The molecule has 1 fully saturated rings. The minimum atomic E-state index is -0.495. The number of ether oxygens (including phenoxy) is 2. The molecule has 38 heavy (non-hydrogen) atoms. The highest BCUT2D eigenvalue weighted by Crippen LogP contribution is 2.41. The first kappa shape index (κ1) is 25.8. The van der Waals surface area contributed by atoms with E-state index in [1.165, 1.54) is 0 Å². The van der Waals surface area contributed by atoms with Crippen LogP contribution in [-0.4, -0.2) is 54.0 Å². The Bertz CT molecular complexity index is 1480. The normalized spacial score (nSPS) is 17.6. The fourth-order valence-electron chi connectivity index (χ4n) is 5.55. The Kier molecular flexibility index (Phi) is 6.90. The van der Waals surface area contributed by atoms with Crippen molar-refractivity contribution in [3.8, 4) is 11.6 Å². The van der Waals surface area contributed by atoms with Gasteiger partial charge in [-0.25, -0.2) is 14.8 Å². The average molecular weight is 516 g/mol. The summed E-state index contributed by atoms with van der Waals surface area (Å²) in [5.74, 6) is 1.87. The van der Waals surface area contributed by atoms with Gasteiger partial charge in [0.2, 0.25) is 0 Å². The molecule has 8 heteroatoms. The van der Waals surface area contributed by atoms with Crippen molar-refractivity contribution in [3.05, 3.63) is 48.9 Å². The second-order valence-corrected chi connectivity index (χ2v) is 10.8. The molecule has 3 heterocycles. The second kappa shape index (κ2) is 10.2. The maximum Gasteiger partial charge on any atom is 0.415 e. The number of hydrogen-bond donors (Lipinski definition) is 0. The van der Waals surface area contributed by atoms with Crippen molar-refractivity contribution < 1.29 is 14.3 Å². The monoisotopic (exact) mass is 515 g/mol. The van der Waals surface area contributed by atoms with Gasteiger partial charge in [-0.2, -0.15) is 0 Å². The smallest absolute Gasteiger partial charge is 0.415 e. The van der Waals surface area contributed by atoms with Crippen LogP contribution in [-0.2, 0) is 4.74 Å². The maximum absolute atomic E-state index is 13.3. The molecule has 4 aromatic rings. The van der Waals surface area contributed by atoms with Gasteiger partial charge in [-0.1, -0.05) is 33.3 Å². The van der Waals surface area contributed by atoms with Crippen molar-refractivity contribution in [2.45, 2.75) is 52.1 Å². The number of carbonyl (C=O) groups excluding carboxylic acids is 1. The summed E-state index contributed by atoms with van der Waals surface area (Å²) in [4.78, 5) is 26.4. The van der Waals surface area contributed by atoms with Gasteiger partial charge in [-0.15, -0.1) is 0 Å². The fourth-order valence-corrected chi connectivity index (χ4v) is 5.55. The highest BCUT2D eigenvalue weighted by molar-refractivity contribution is 6.00. The quantitative estimate of drug-likeness (QED) is 0.251. The van der Waals surface area contributed by atoms with Crippen LogP contribution < -0.4 is 14.5 Å². The largest absolute Gasteiger partial charge is 0.494 e. The van der Waals surface area contributed by atoms with Crippen LogP contribution in [0.5, 0.6) is 5.75 Å². The Balaban J connectivity index is 1.63. The molecule has 1 aliphatic rings. The Hall–Kier alpha value is -3.81. The molecule has 2 aromatic carbocycles. The lowest BCUT2D eigenvalue weighted by Gasteiger charge is -2.27. The molecule has 5 rings (SSSR count). The molecule has 8 nitrogen and oxygen atoms in total. The van der Waals surface area contributed by atoms with Crippen molar-refractivity contribution in [3.63, 3.8) is 0 Å². The Morgan fingerprint density at radius 3 is 2.66 bits per heavy atom. The fraction of sp³-hybridized carbons (Fsp3) is 0.433. The Labute approximate surface area is 224 Å². The van der Waals surface area contributed by atoms with Crippen molar-refractivity contribution in [1.29, 1.82) is 0 Å². The van der Waals surface area contributed by atoms with Gasteiger partial charge in [0, 0.05) is 42.8 Å². The molecular formula is C30H37N5O3. The van der Waals surface area contributed by atoms with E-state index in [-0.39, 0.29) is 6.09 Å². The van der Waals surface area contributed by atoms with Crippen LogP contribution >= 0.6 is 0 Å². The zero-order chi connectivity index (χ0) is 27.0. The molecule has 1 amide bonds. The minimum Gasteiger partial charge on any atom is -0.494 e. The van der Waals surface area contributed by atoms with E-state index >= 15 is 0 Å². The van der Waals surface area contributed by atoms with Crippen molar-refractivity contribution >= 4 is 39.3 Å². The van der Waals surface area contributed by atoms with Gasteiger partial charge in [-0.05, 0) is 49.4 Å². The number of fused-ring (bicyclic) bond motifs is 2. The van der Waals surface area contributed by atoms with Crippen molar-refractivity contribution in [2.75, 3.05) is 37.5 Å². The topological polar surface area (TPSA) is 72.7 Å². The SMILES string of the molecule is CCCC1(CCC(C)C)CN(c2cc3c(-n4ccc5c(N(C)C)cccc54)ncnc3cc2OC)C(=O)O1. The number of rotatable bonds is 9. The zero-order valence-corrected chi connectivity index (χ0v) is 23.2. The predicted octanol–water partition coefficient (Wildman–Crippen LogP) is 6.58. The Morgan fingerprint density at radius 2 is 1.95 bits per heavy atom. The first-order valence-electron chi connectivity index (χ1n) is 13.4. The number of aromatic nitrogens is 3. The maximum atomic E-state index is 13.3. The van der Waals surface area contributed by atoms with Crippen LogP contribution in [0.3, 0.4) is 0 Å². The molecule has 1 saturated heterocycles. The number of nitrogens with zero attached hydrogens (tertiary/aromatic N) is 5. The van der Waals surface area contributed by atoms with E-state index in [2.05, 4.69) is 64.5 Å². The van der Waals surface area contributed by atoms with Crippen LogP contribution in [0.1, 0.15) is 46.5 Å². The summed E-state index contributed by atoms with van der Waals surface area (Å²) >= 11 is 0. The summed E-state index contributed by atoms with van der Waals surface area (Å²) in [5.41, 5.74) is 3.10. The van der Waals surface area contributed by atoms with E-state index < -0.39 is 5.60 Å². The number of methoxy groups -OCH3 is 1. The summed E-state index contributed by atoms with van der Waals surface area (Å²) in [7, 11) is 5.70. The van der Waals surface area contributed by atoms with Crippen LogP contribution in [0, 0.1) is 5.92 Å². The second-order valence-electron chi connectivity index (χ2n) is 10.8. The lowest BCUT2D eigenvalue weighted by molar-refractivity contribution is 0.0374. The lowest BCUT2D eigenvalue weighted by Crippen LogP contribution is -2.35. The third kappa shape index (κ3) is 4.52. The van der Waals surface area contributed by atoms with Gasteiger partial charge in [0.25, 0.3) is 0 Å². The van der Waals surface area contributed by atoms with Gasteiger partial charge in [0.15, 0.2) is 0 Å². The van der Waals surface area contributed by atoms with Crippen molar-refractivity contribution in [2.24, 2.45) is 5.92 Å². The number of cyclic esters (lactones) is 1. The molecule has 1 unspecified atom stereocenters. The third-order valence-electron chi connectivity index (χ3n) is 7.48. The van der Waals surface area contributed by atoms with Gasteiger partial charge in [0.05, 0.1) is 30.4 Å². The predicted molar refractivity (Wildman–Crippen MR) is 153 cm³/mol. The van der Waals surface area contributed by atoms with E-state index in [0.29, 0.717) is 23.9 Å². The lowest BCUT2D eigenvalue weighted by atomic mass is 9.89. The highest BCUT2D eigenvalue weighted by Gasteiger charge is 2.45. The first-order valence-corrected chi connectivity index (χ1v) is 13.4. The molecule has 0 saturated carbocycles. The van der Waals surface area contributed by atoms with E-state index in [0.717, 1.165) is 59.0 Å². The molecule has 0 spiro atoms.